The van der Waals surface area contributed by atoms with Crippen LogP contribution < -0.4 is 0 Å². The van der Waals surface area contributed by atoms with E-state index in [9.17, 15) is 13.2 Å². The molecule has 3 aromatic rings. The molecule has 3 rings (SSSR count). The van der Waals surface area contributed by atoms with Crippen molar-refractivity contribution in [1.29, 1.82) is 0 Å². The highest BCUT2D eigenvalue weighted by Crippen LogP contribution is 2.32. The van der Waals surface area contributed by atoms with Crippen molar-refractivity contribution < 1.29 is 13.2 Å². The third-order valence-corrected chi connectivity index (χ3v) is 5.43. The van der Waals surface area contributed by atoms with Crippen LogP contribution in [0, 0.1) is 0 Å². The molecule has 0 N–H and O–H groups in total. The summed E-state index contributed by atoms with van der Waals surface area (Å²) in [6.45, 7) is 2.84. The summed E-state index contributed by atoms with van der Waals surface area (Å²) in [5.41, 5.74) is -0.0107. The quantitative estimate of drug-likeness (QED) is 0.510. The molecular weight excluding hydrogens is 367 g/mol. The number of thioether (sulfide) groups is 1. The van der Waals surface area contributed by atoms with Crippen molar-refractivity contribution in [3.8, 4) is 10.7 Å². The minimum absolute atomic E-state index is 0.413. The summed E-state index contributed by atoms with van der Waals surface area (Å²) in [7, 11) is 0. The van der Waals surface area contributed by atoms with Crippen molar-refractivity contribution >= 4 is 23.1 Å². The number of alkyl halides is 3. The molecule has 0 aliphatic heterocycles. The van der Waals surface area contributed by atoms with Crippen molar-refractivity contribution in [2.75, 3.05) is 0 Å². The first-order valence-electron chi connectivity index (χ1n) is 7.75. The highest BCUT2D eigenvalue weighted by molar-refractivity contribution is 7.98. The molecule has 0 unspecified atom stereocenters. The molecule has 132 valence electrons. The van der Waals surface area contributed by atoms with E-state index in [4.69, 9.17) is 0 Å². The van der Waals surface area contributed by atoms with Crippen LogP contribution in [-0.4, -0.2) is 14.8 Å². The number of rotatable bonds is 6. The fourth-order valence-corrected chi connectivity index (χ4v) is 4.02. The summed E-state index contributed by atoms with van der Waals surface area (Å²) in [6, 6.07) is 9.36. The van der Waals surface area contributed by atoms with Gasteiger partial charge in [0.1, 0.15) is 0 Å². The van der Waals surface area contributed by atoms with E-state index in [0.717, 1.165) is 34.9 Å². The third-order valence-electron chi connectivity index (χ3n) is 3.53. The Morgan fingerprint density at radius 3 is 2.68 bits per heavy atom. The summed E-state index contributed by atoms with van der Waals surface area (Å²) in [4.78, 5) is 1.03. The van der Waals surface area contributed by atoms with Crippen molar-refractivity contribution in [3.63, 3.8) is 0 Å². The fourth-order valence-electron chi connectivity index (χ4n) is 2.39. The molecule has 0 atom stereocenters. The van der Waals surface area contributed by atoms with Crippen LogP contribution in [0.4, 0.5) is 13.2 Å². The highest BCUT2D eigenvalue weighted by atomic mass is 32.2. The van der Waals surface area contributed by atoms with Gasteiger partial charge in [-0.2, -0.15) is 13.2 Å². The summed E-state index contributed by atoms with van der Waals surface area (Å²) in [5.74, 6) is 1.22. The third kappa shape index (κ3) is 4.24. The van der Waals surface area contributed by atoms with Gasteiger partial charge in [-0.1, -0.05) is 43.0 Å². The Balaban J connectivity index is 1.80. The average molecular weight is 383 g/mol. The molecule has 2 heterocycles. The number of hydrogen-bond acceptors (Lipinski definition) is 4. The Hall–Kier alpha value is -1.80. The second kappa shape index (κ2) is 7.61. The van der Waals surface area contributed by atoms with Crippen LogP contribution in [0.3, 0.4) is 0 Å². The van der Waals surface area contributed by atoms with Crippen molar-refractivity contribution in [3.05, 3.63) is 52.9 Å². The van der Waals surface area contributed by atoms with Gasteiger partial charge in [0.05, 0.1) is 10.4 Å². The van der Waals surface area contributed by atoms with E-state index in [-0.39, 0.29) is 0 Å². The summed E-state index contributed by atoms with van der Waals surface area (Å²) in [6.07, 6.45) is -3.40. The van der Waals surface area contributed by atoms with Gasteiger partial charge in [0.2, 0.25) is 0 Å². The second-order valence-corrected chi connectivity index (χ2v) is 7.31. The van der Waals surface area contributed by atoms with Crippen molar-refractivity contribution in [1.82, 2.24) is 14.8 Å². The van der Waals surface area contributed by atoms with Gasteiger partial charge in [0.25, 0.3) is 0 Å². The van der Waals surface area contributed by atoms with Crippen LogP contribution in [-0.2, 0) is 18.5 Å². The lowest BCUT2D eigenvalue weighted by Crippen LogP contribution is -2.05. The molecule has 2 aromatic heterocycles. The molecule has 1 aromatic carbocycles. The molecule has 0 radical (unpaired) electrons. The summed E-state index contributed by atoms with van der Waals surface area (Å²) >= 11 is 3.00. The summed E-state index contributed by atoms with van der Waals surface area (Å²) in [5, 5.41) is 11.2. The Kier molecular flexibility index (Phi) is 5.48. The molecular formula is C17H16F3N3S2. The molecule has 0 saturated carbocycles. The molecule has 0 saturated heterocycles. The maximum absolute atomic E-state index is 12.8. The van der Waals surface area contributed by atoms with Crippen LogP contribution in [0.5, 0.6) is 0 Å². The zero-order valence-corrected chi connectivity index (χ0v) is 15.1. The Morgan fingerprint density at radius 1 is 1.16 bits per heavy atom. The lowest BCUT2D eigenvalue weighted by Gasteiger charge is -2.10. The SMILES string of the molecule is CCCn1c(SCc2cccc(C(F)(F)F)c2)nnc1-c1cccs1. The molecule has 25 heavy (non-hydrogen) atoms. The molecule has 0 bridgehead atoms. The van der Waals surface area contributed by atoms with Crippen LogP contribution >= 0.6 is 23.1 Å². The topological polar surface area (TPSA) is 30.7 Å². The van der Waals surface area contributed by atoms with Gasteiger partial charge >= 0.3 is 6.18 Å². The Morgan fingerprint density at radius 2 is 2.00 bits per heavy atom. The maximum Gasteiger partial charge on any atom is 0.416 e. The van der Waals surface area contributed by atoms with Crippen LogP contribution in [0.15, 0.2) is 46.9 Å². The predicted molar refractivity (Wildman–Crippen MR) is 94.6 cm³/mol. The zero-order chi connectivity index (χ0) is 17.9. The van der Waals surface area contributed by atoms with E-state index in [1.807, 2.05) is 22.1 Å². The number of halogens is 3. The maximum atomic E-state index is 12.8. The van der Waals surface area contributed by atoms with Gasteiger partial charge in [0, 0.05) is 12.3 Å². The van der Waals surface area contributed by atoms with E-state index >= 15 is 0 Å². The number of hydrogen-bond donors (Lipinski definition) is 0. The van der Waals surface area contributed by atoms with Gasteiger partial charge in [-0.15, -0.1) is 21.5 Å². The molecule has 8 heteroatoms. The van der Waals surface area contributed by atoms with Crippen molar-refractivity contribution in [2.45, 2.75) is 37.0 Å². The van der Waals surface area contributed by atoms with Gasteiger partial charge in [0.15, 0.2) is 11.0 Å². The first-order chi connectivity index (χ1) is 12.0. The number of nitrogens with zero attached hydrogens (tertiary/aromatic N) is 3. The normalized spacial score (nSPS) is 11.8. The van der Waals surface area contributed by atoms with E-state index in [1.54, 1.807) is 17.4 Å². The van der Waals surface area contributed by atoms with E-state index in [1.165, 1.54) is 23.9 Å². The van der Waals surface area contributed by atoms with E-state index in [2.05, 4.69) is 17.1 Å². The minimum atomic E-state index is -4.32. The second-order valence-electron chi connectivity index (χ2n) is 5.42. The fraction of sp³-hybridized carbons (Fsp3) is 0.294. The first-order valence-corrected chi connectivity index (χ1v) is 9.61. The lowest BCUT2D eigenvalue weighted by molar-refractivity contribution is -0.137. The highest BCUT2D eigenvalue weighted by Gasteiger charge is 2.30. The molecule has 0 spiro atoms. The van der Waals surface area contributed by atoms with Gasteiger partial charge in [-0.25, -0.2) is 0 Å². The number of thiophene rings is 1. The number of aromatic nitrogens is 3. The van der Waals surface area contributed by atoms with E-state index < -0.39 is 11.7 Å². The number of benzene rings is 1. The lowest BCUT2D eigenvalue weighted by atomic mass is 10.1. The molecule has 3 nitrogen and oxygen atoms in total. The van der Waals surface area contributed by atoms with Crippen LogP contribution in [0.2, 0.25) is 0 Å². The first kappa shape index (κ1) is 18.0. The molecule has 0 fully saturated rings. The van der Waals surface area contributed by atoms with Crippen LogP contribution in [0.25, 0.3) is 10.7 Å². The smallest absolute Gasteiger partial charge is 0.301 e. The predicted octanol–water partition coefficient (Wildman–Crippen LogP) is 5.73. The Labute approximate surface area is 151 Å². The summed E-state index contributed by atoms with van der Waals surface area (Å²) < 4.78 is 40.5. The standard InChI is InChI=1S/C17H16F3N3S2/c1-2-8-23-15(14-7-4-9-24-14)21-22-16(23)25-11-12-5-3-6-13(10-12)17(18,19)20/h3-7,9-10H,2,8,11H2,1H3. The average Bonchev–Trinajstić information content (AvgIpc) is 3.22. The van der Waals surface area contributed by atoms with E-state index in [0.29, 0.717) is 11.3 Å². The molecule has 0 aliphatic carbocycles. The zero-order valence-electron chi connectivity index (χ0n) is 13.5. The van der Waals surface area contributed by atoms with Gasteiger partial charge < -0.3 is 4.57 Å². The largest absolute Gasteiger partial charge is 0.416 e. The molecule has 0 aliphatic rings. The van der Waals surface area contributed by atoms with Gasteiger partial charge in [-0.05, 0) is 29.5 Å². The minimum Gasteiger partial charge on any atom is -0.301 e. The van der Waals surface area contributed by atoms with Crippen LogP contribution in [0.1, 0.15) is 24.5 Å². The Bertz CT molecular complexity index is 826. The monoisotopic (exact) mass is 383 g/mol. The van der Waals surface area contributed by atoms with Gasteiger partial charge in [-0.3, -0.25) is 0 Å². The van der Waals surface area contributed by atoms with Crippen molar-refractivity contribution in [2.24, 2.45) is 0 Å². The molecule has 0 amide bonds.